The second-order valence-electron chi connectivity index (χ2n) is 5.31. The van der Waals surface area contributed by atoms with E-state index in [9.17, 15) is 0 Å². The lowest BCUT2D eigenvalue weighted by atomic mass is 9.97. The molecule has 2 aliphatic carbocycles. The van der Waals surface area contributed by atoms with E-state index in [-0.39, 0.29) is 5.84 Å². The minimum Gasteiger partial charge on any atom is -0.382 e. The molecule has 106 valence electrons. The fourth-order valence-corrected chi connectivity index (χ4v) is 3.02. The molecule has 3 rings (SSSR count). The fraction of sp³-hybridized carbons (Fsp3) is 0.235. The smallest absolute Gasteiger partial charge is 0.155 e. The molecule has 0 amide bonds. The van der Waals surface area contributed by atoms with E-state index in [0.29, 0.717) is 0 Å². The molecule has 0 fully saturated rings. The Hall–Kier alpha value is -2.49. The van der Waals surface area contributed by atoms with Gasteiger partial charge in [0, 0.05) is 5.56 Å². The summed E-state index contributed by atoms with van der Waals surface area (Å²) in [6.07, 6.45) is 11.3. The summed E-state index contributed by atoms with van der Waals surface area (Å²) in [5.74, 6) is 0.277. The minimum atomic E-state index is 0.277. The molecule has 21 heavy (non-hydrogen) atoms. The van der Waals surface area contributed by atoms with Gasteiger partial charge in [0.1, 0.15) is 0 Å². The Morgan fingerprint density at radius 3 is 2.86 bits per heavy atom. The number of benzene rings is 1. The average molecular weight is 278 g/mol. The Kier molecular flexibility index (Phi) is 3.77. The lowest BCUT2D eigenvalue weighted by molar-refractivity contribution is 0.887. The van der Waals surface area contributed by atoms with E-state index < -0.39 is 0 Å². The lowest BCUT2D eigenvalue weighted by Gasteiger charge is -2.09. The van der Waals surface area contributed by atoms with Crippen LogP contribution in [0.1, 0.15) is 36.8 Å². The third-order valence-electron chi connectivity index (χ3n) is 4.08. The summed E-state index contributed by atoms with van der Waals surface area (Å²) in [5, 5.41) is 6.69. The van der Waals surface area contributed by atoms with E-state index in [1.54, 1.807) is 5.57 Å². The number of hydrogen-bond acceptors (Lipinski definition) is 2. The molecular formula is C17H18N4. The van der Waals surface area contributed by atoms with Crippen molar-refractivity contribution in [2.75, 3.05) is 0 Å². The van der Waals surface area contributed by atoms with Crippen molar-refractivity contribution in [1.29, 1.82) is 5.53 Å². The molecule has 0 spiro atoms. The van der Waals surface area contributed by atoms with Crippen molar-refractivity contribution >= 4 is 11.4 Å². The van der Waals surface area contributed by atoms with Gasteiger partial charge in [-0.2, -0.15) is 5.53 Å². The molecule has 0 bridgehead atoms. The number of amidine groups is 1. The van der Waals surface area contributed by atoms with Crippen LogP contribution in [-0.2, 0) is 0 Å². The van der Waals surface area contributed by atoms with Gasteiger partial charge in [0.2, 0.25) is 0 Å². The number of nitrogens with one attached hydrogen (secondary N) is 1. The zero-order chi connectivity index (χ0) is 14.7. The molecule has 1 aromatic carbocycles. The summed E-state index contributed by atoms with van der Waals surface area (Å²) >= 11 is 0. The van der Waals surface area contributed by atoms with Crippen LogP contribution in [0, 0.1) is 5.53 Å². The molecule has 4 heteroatoms. The van der Waals surface area contributed by atoms with Gasteiger partial charge in [0.15, 0.2) is 5.84 Å². The molecular weight excluding hydrogens is 260 g/mol. The summed E-state index contributed by atoms with van der Waals surface area (Å²) < 4.78 is 0. The van der Waals surface area contributed by atoms with E-state index in [2.05, 4.69) is 28.6 Å². The Bertz CT molecular complexity index is 692. The molecule has 0 saturated heterocycles. The molecule has 0 heterocycles. The SMILES string of the molecule is N=NN=C(N)c1ccccc1C1=CCC2=C(C=C1)CCC2. The minimum absolute atomic E-state index is 0.277. The number of nitrogens with zero attached hydrogens (tertiary/aromatic N) is 2. The standard InChI is InChI=1S/C17H18N4/c18-17(20-21-19)16-7-2-1-6-15(16)14-10-8-12-4-3-5-13(12)9-11-14/h1-2,6-8,10-11H,3-5,9H2,(H3,18,19,20). The van der Waals surface area contributed by atoms with Crippen LogP contribution in [0.3, 0.4) is 0 Å². The normalized spacial score (nSPS) is 18.3. The molecule has 2 aliphatic rings. The molecule has 0 aliphatic heterocycles. The number of allylic oxidation sites excluding steroid dienone is 6. The maximum absolute atomic E-state index is 6.84. The monoisotopic (exact) mass is 278 g/mol. The van der Waals surface area contributed by atoms with Crippen LogP contribution < -0.4 is 5.73 Å². The van der Waals surface area contributed by atoms with Gasteiger partial charge < -0.3 is 5.73 Å². The highest BCUT2D eigenvalue weighted by molar-refractivity contribution is 6.02. The number of rotatable bonds is 3. The largest absolute Gasteiger partial charge is 0.382 e. The van der Waals surface area contributed by atoms with Crippen molar-refractivity contribution in [2.24, 2.45) is 16.1 Å². The van der Waals surface area contributed by atoms with Crippen molar-refractivity contribution in [3.8, 4) is 0 Å². The first kappa shape index (κ1) is 13.5. The first-order valence-electron chi connectivity index (χ1n) is 7.18. The highest BCUT2D eigenvalue weighted by Crippen LogP contribution is 2.34. The zero-order valence-corrected chi connectivity index (χ0v) is 11.8. The van der Waals surface area contributed by atoms with E-state index >= 15 is 0 Å². The molecule has 0 aromatic heterocycles. The predicted molar refractivity (Wildman–Crippen MR) is 84.9 cm³/mol. The van der Waals surface area contributed by atoms with Crippen molar-refractivity contribution in [3.63, 3.8) is 0 Å². The van der Waals surface area contributed by atoms with Crippen LogP contribution in [0.2, 0.25) is 0 Å². The predicted octanol–water partition coefficient (Wildman–Crippen LogP) is 4.16. The van der Waals surface area contributed by atoms with Crippen molar-refractivity contribution in [2.45, 2.75) is 25.7 Å². The third kappa shape index (κ3) is 2.70. The van der Waals surface area contributed by atoms with Gasteiger partial charge in [-0.25, -0.2) is 0 Å². The van der Waals surface area contributed by atoms with Gasteiger partial charge in [0.05, 0.1) is 0 Å². The maximum Gasteiger partial charge on any atom is 0.155 e. The number of hydrogen-bond donors (Lipinski definition) is 2. The van der Waals surface area contributed by atoms with Gasteiger partial charge in [-0.05, 0) is 42.4 Å². The first-order chi connectivity index (χ1) is 10.3. The van der Waals surface area contributed by atoms with Crippen LogP contribution in [0.15, 0.2) is 64.0 Å². The van der Waals surface area contributed by atoms with Gasteiger partial charge in [0.25, 0.3) is 0 Å². The Morgan fingerprint density at radius 1 is 1.14 bits per heavy atom. The summed E-state index contributed by atoms with van der Waals surface area (Å²) in [6, 6.07) is 7.86. The summed E-state index contributed by atoms with van der Waals surface area (Å²) in [5.41, 5.74) is 18.8. The quantitative estimate of drug-likeness (QED) is 0.370. The first-order valence-corrected chi connectivity index (χ1v) is 7.18. The average Bonchev–Trinajstić information content (AvgIpc) is 2.86. The van der Waals surface area contributed by atoms with Crippen LogP contribution >= 0.6 is 0 Å². The Labute approximate surface area is 124 Å². The van der Waals surface area contributed by atoms with E-state index in [4.69, 9.17) is 11.3 Å². The molecule has 0 unspecified atom stereocenters. The zero-order valence-electron chi connectivity index (χ0n) is 11.8. The molecule has 0 radical (unpaired) electrons. The van der Waals surface area contributed by atoms with Crippen molar-refractivity contribution < 1.29 is 0 Å². The third-order valence-corrected chi connectivity index (χ3v) is 4.08. The fourth-order valence-electron chi connectivity index (χ4n) is 3.02. The highest BCUT2D eigenvalue weighted by atomic mass is 15.3. The van der Waals surface area contributed by atoms with Crippen LogP contribution in [0.5, 0.6) is 0 Å². The summed E-state index contributed by atoms with van der Waals surface area (Å²) in [4.78, 5) is 0. The van der Waals surface area contributed by atoms with Crippen LogP contribution in [-0.4, -0.2) is 5.84 Å². The van der Waals surface area contributed by atoms with Crippen molar-refractivity contribution in [1.82, 2.24) is 0 Å². The maximum atomic E-state index is 6.84. The molecule has 0 atom stereocenters. The van der Waals surface area contributed by atoms with E-state index in [1.807, 2.05) is 24.3 Å². The van der Waals surface area contributed by atoms with Gasteiger partial charge in [-0.15, -0.1) is 5.10 Å². The molecule has 3 N–H and O–H groups in total. The molecule has 0 saturated carbocycles. The second-order valence-corrected chi connectivity index (χ2v) is 5.31. The highest BCUT2D eigenvalue weighted by Gasteiger charge is 2.15. The second kappa shape index (κ2) is 5.87. The Balaban J connectivity index is 1.99. The van der Waals surface area contributed by atoms with E-state index in [1.165, 1.54) is 24.8 Å². The van der Waals surface area contributed by atoms with Gasteiger partial charge >= 0.3 is 0 Å². The summed E-state index contributed by atoms with van der Waals surface area (Å²) in [6.45, 7) is 0. The van der Waals surface area contributed by atoms with E-state index in [0.717, 1.165) is 23.1 Å². The molecule has 4 nitrogen and oxygen atoms in total. The summed E-state index contributed by atoms with van der Waals surface area (Å²) in [7, 11) is 0. The number of nitrogens with two attached hydrogens (primary N) is 1. The van der Waals surface area contributed by atoms with Crippen LogP contribution in [0.4, 0.5) is 0 Å². The van der Waals surface area contributed by atoms with Gasteiger partial charge in [-0.1, -0.05) is 53.3 Å². The Morgan fingerprint density at radius 2 is 2.00 bits per heavy atom. The molecule has 1 aromatic rings. The van der Waals surface area contributed by atoms with Crippen LogP contribution in [0.25, 0.3) is 5.57 Å². The lowest BCUT2D eigenvalue weighted by Crippen LogP contribution is -2.14. The topological polar surface area (TPSA) is 74.6 Å². The van der Waals surface area contributed by atoms with Crippen molar-refractivity contribution in [3.05, 3.63) is 64.8 Å². The van der Waals surface area contributed by atoms with Gasteiger partial charge in [-0.3, -0.25) is 0 Å².